The van der Waals surface area contributed by atoms with Crippen molar-refractivity contribution in [2.45, 2.75) is 59.0 Å². The molecule has 78 valence electrons. The van der Waals surface area contributed by atoms with Gasteiger partial charge in [0.05, 0.1) is 0 Å². The molecule has 0 saturated heterocycles. The molecule has 2 nitrogen and oxygen atoms in total. The molecule has 0 spiro atoms. The maximum absolute atomic E-state index is 11.6. The number of ether oxygens (including phenoxy) is 1. The Morgan fingerprint density at radius 2 is 1.85 bits per heavy atom. The summed E-state index contributed by atoms with van der Waals surface area (Å²) in [5.41, 5.74) is -0.528. The van der Waals surface area contributed by atoms with Crippen molar-refractivity contribution in [3.8, 4) is 0 Å². The van der Waals surface area contributed by atoms with Gasteiger partial charge in [-0.15, -0.1) is 0 Å². The molecule has 0 aromatic carbocycles. The smallest absolute Gasteiger partial charge is 0.164 e. The summed E-state index contributed by atoms with van der Waals surface area (Å²) in [6.45, 7) is 8.63. The van der Waals surface area contributed by atoms with Crippen molar-refractivity contribution in [1.29, 1.82) is 0 Å². The largest absolute Gasteiger partial charge is 0.368 e. The zero-order valence-corrected chi connectivity index (χ0v) is 9.35. The second-order valence-electron chi connectivity index (χ2n) is 3.61. The van der Waals surface area contributed by atoms with E-state index in [9.17, 15) is 4.79 Å². The summed E-state index contributed by atoms with van der Waals surface area (Å²) in [7, 11) is 0. The average Bonchev–Trinajstić information content (AvgIpc) is 2.14. The van der Waals surface area contributed by atoms with Crippen LogP contribution in [-0.4, -0.2) is 18.0 Å². The summed E-state index contributed by atoms with van der Waals surface area (Å²) in [6, 6.07) is 0. The molecule has 0 bridgehead atoms. The van der Waals surface area contributed by atoms with E-state index in [2.05, 4.69) is 13.8 Å². The van der Waals surface area contributed by atoms with Gasteiger partial charge < -0.3 is 4.74 Å². The summed E-state index contributed by atoms with van der Waals surface area (Å²) in [4.78, 5) is 11.6. The van der Waals surface area contributed by atoms with E-state index in [4.69, 9.17) is 4.74 Å². The maximum Gasteiger partial charge on any atom is 0.164 e. The van der Waals surface area contributed by atoms with E-state index in [0.29, 0.717) is 13.0 Å². The number of rotatable bonds is 7. The van der Waals surface area contributed by atoms with E-state index in [-0.39, 0.29) is 5.78 Å². The van der Waals surface area contributed by atoms with Gasteiger partial charge in [0.2, 0.25) is 0 Å². The molecule has 0 aliphatic carbocycles. The van der Waals surface area contributed by atoms with Gasteiger partial charge in [-0.3, -0.25) is 4.79 Å². The molecule has 0 N–H and O–H groups in total. The van der Waals surface area contributed by atoms with Crippen molar-refractivity contribution in [3.63, 3.8) is 0 Å². The van der Waals surface area contributed by atoms with Crippen LogP contribution in [0.15, 0.2) is 0 Å². The van der Waals surface area contributed by atoms with E-state index in [1.165, 1.54) is 0 Å². The molecule has 0 radical (unpaired) electrons. The van der Waals surface area contributed by atoms with Gasteiger partial charge in [-0.05, 0) is 19.8 Å². The Morgan fingerprint density at radius 1 is 1.23 bits per heavy atom. The lowest BCUT2D eigenvalue weighted by Gasteiger charge is -2.27. The summed E-state index contributed by atoms with van der Waals surface area (Å²) < 4.78 is 5.62. The van der Waals surface area contributed by atoms with Crippen LogP contribution >= 0.6 is 0 Å². The van der Waals surface area contributed by atoms with Crippen LogP contribution in [0.2, 0.25) is 0 Å². The summed E-state index contributed by atoms with van der Waals surface area (Å²) >= 11 is 0. The Kier molecular flexibility index (Phi) is 5.97. The number of Topliss-reactive ketones (excluding diaryl/α,β-unsaturated/α-hetero) is 1. The zero-order chi connectivity index (χ0) is 10.3. The molecule has 13 heavy (non-hydrogen) atoms. The fourth-order valence-electron chi connectivity index (χ4n) is 1.47. The van der Waals surface area contributed by atoms with Crippen LogP contribution in [0, 0.1) is 0 Å². The molecule has 0 heterocycles. The lowest BCUT2D eigenvalue weighted by Crippen LogP contribution is -2.38. The topological polar surface area (TPSA) is 26.3 Å². The van der Waals surface area contributed by atoms with Gasteiger partial charge in [0.1, 0.15) is 5.60 Å². The highest BCUT2D eigenvalue weighted by Crippen LogP contribution is 2.20. The molecule has 0 aromatic heterocycles. The van der Waals surface area contributed by atoms with E-state index >= 15 is 0 Å². The highest BCUT2D eigenvalue weighted by Gasteiger charge is 2.30. The van der Waals surface area contributed by atoms with Gasteiger partial charge in [-0.25, -0.2) is 0 Å². The number of carbonyl (C=O) groups is 1. The Bertz CT molecular complexity index is 154. The Hall–Kier alpha value is -0.370. The number of ketones is 1. The van der Waals surface area contributed by atoms with Crippen molar-refractivity contribution in [2.24, 2.45) is 0 Å². The molecule has 0 saturated carbocycles. The van der Waals surface area contributed by atoms with Crippen molar-refractivity contribution in [2.75, 3.05) is 6.61 Å². The van der Waals surface area contributed by atoms with E-state index in [0.717, 1.165) is 19.3 Å². The standard InChI is InChI=1S/C11H22O2/c1-5-8-11(4,10(12)7-3)13-9-6-2/h5-9H2,1-4H3. The normalized spacial score (nSPS) is 15.4. The number of hydrogen-bond donors (Lipinski definition) is 0. The minimum Gasteiger partial charge on any atom is -0.368 e. The molecule has 0 fully saturated rings. The molecule has 2 heteroatoms. The van der Waals surface area contributed by atoms with Crippen molar-refractivity contribution >= 4 is 5.78 Å². The summed E-state index contributed by atoms with van der Waals surface area (Å²) in [6.07, 6.45) is 3.36. The number of carbonyl (C=O) groups excluding carboxylic acids is 1. The first-order chi connectivity index (χ1) is 6.10. The zero-order valence-electron chi connectivity index (χ0n) is 9.35. The van der Waals surface area contributed by atoms with Crippen LogP contribution in [0.1, 0.15) is 53.4 Å². The van der Waals surface area contributed by atoms with Crippen molar-refractivity contribution < 1.29 is 9.53 Å². The van der Waals surface area contributed by atoms with Gasteiger partial charge in [-0.1, -0.05) is 27.2 Å². The van der Waals surface area contributed by atoms with Crippen LogP contribution in [0.25, 0.3) is 0 Å². The Labute approximate surface area is 81.7 Å². The first-order valence-electron chi connectivity index (χ1n) is 5.28. The van der Waals surface area contributed by atoms with Gasteiger partial charge in [0.15, 0.2) is 5.78 Å². The van der Waals surface area contributed by atoms with Crippen LogP contribution in [-0.2, 0) is 9.53 Å². The molecule has 0 aliphatic heterocycles. The molecular formula is C11H22O2. The molecule has 1 unspecified atom stereocenters. The highest BCUT2D eigenvalue weighted by molar-refractivity contribution is 5.86. The second-order valence-corrected chi connectivity index (χ2v) is 3.61. The minimum absolute atomic E-state index is 0.225. The van der Waals surface area contributed by atoms with Crippen molar-refractivity contribution in [3.05, 3.63) is 0 Å². The summed E-state index contributed by atoms with van der Waals surface area (Å²) in [5, 5.41) is 0. The van der Waals surface area contributed by atoms with Crippen LogP contribution in [0.5, 0.6) is 0 Å². The first kappa shape index (κ1) is 12.6. The van der Waals surface area contributed by atoms with Crippen LogP contribution in [0.4, 0.5) is 0 Å². The summed E-state index contributed by atoms with van der Waals surface area (Å²) in [5.74, 6) is 0.225. The first-order valence-corrected chi connectivity index (χ1v) is 5.28. The molecule has 0 aromatic rings. The maximum atomic E-state index is 11.6. The van der Waals surface area contributed by atoms with Crippen LogP contribution < -0.4 is 0 Å². The lowest BCUT2D eigenvalue weighted by atomic mass is 9.93. The fourth-order valence-corrected chi connectivity index (χ4v) is 1.47. The Morgan fingerprint density at radius 3 is 2.23 bits per heavy atom. The number of hydrogen-bond acceptors (Lipinski definition) is 2. The third kappa shape index (κ3) is 3.90. The van der Waals surface area contributed by atoms with E-state index in [1.807, 2.05) is 13.8 Å². The lowest BCUT2D eigenvalue weighted by molar-refractivity contribution is -0.143. The SMILES string of the molecule is CCCOC(C)(CCC)C(=O)CC. The van der Waals surface area contributed by atoms with Crippen LogP contribution in [0.3, 0.4) is 0 Å². The highest BCUT2D eigenvalue weighted by atomic mass is 16.5. The molecular weight excluding hydrogens is 164 g/mol. The van der Waals surface area contributed by atoms with E-state index in [1.54, 1.807) is 0 Å². The third-order valence-corrected chi connectivity index (χ3v) is 2.26. The van der Waals surface area contributed by atoms with Gasteiger partial charge in [-0.2, -0.15) is 0 Å². The average molecular weight is 186 g/mol. The Balaban J connectivity index is 4.23. The molecule has 0 aliphatic rings. The van der Waals surface area contributed by atoms with Gasteiger partial charge in [0.25, 0.3) is 0 Å². The third-order valence-electron chi connectivity index (χ3n) is 2.26. The van der Waals surface area contributed by atoms with E-state index < -0.39 is 5.60 Å². The molecule has 0 amide bonds. The van der Waals surface area contributed by atoms with Gasteiger partial charge in [0, 0.05) is 13.0 Å². The monoisotopic (exact) mass is 186 g/mol. The minimum atomic E-state index is -0.528. The molecule has 0 rings (SSSR count). The quantitative estimate of drug-likeness (QED) is 0.611. The predicted molar refractivity (Wildman–Crippen MR) is 54.9 cm³/mol. The molecule has 1 atom stereocenters. The predicted octanol–water partition coefficient (Wildman–Crippen LogP) is 2.95. The van der Waals surface area contributed by atoms with Gasteiger partial charge >= 0.3 is 0 Å². The fraction of sp³-hybridized carbons (Fsp3) is 0.909. The second kappa shape index (κ2) is 6.14. The van der Waals surface area contributed by atoms with Crippen molar-refractivity contribution in [1.82, 2.24) is 0 Å².